The zero-order chi connectivity index (χ0) is 13.8. The highest BCUT2D eigenvalue weighted by Gasteiger charge is 2.16. The first-order valence-electron chi connectivity index (χ1n) is 6.21. The van der Waals surface area contributed by atoms with Crippen molar-refractivity contribution in [1.29, 1.82) is 0 Å². The number of ether oxygens (including phenoxy) is 1. The van der Waals surface area contributed by atoms with Gasteiger partial charge in [-0.2, -0.15) is 0 Å². The Morgan fingerprint density at radius 1 is 1.37 bits per heavy atom. The van der Waals surface area contributed by atoms with Crippen LogP contribution in [0, 0.1) is 13.8 Å². The van der Waals surface area contributed by atoms with Crippen molar-refractivity contribution in [3.63, 3.8) is 0 Å². The molecule has 2 rings (SSSR count). The Hall–Kier alpha value is -1.46. The van der Waals surface area contributed by atoms with Crippen molar-refractivity contribution in [2.75, 3.05) is 14.2 Å². The monoisotopic (exact) mass is 277 g/mol. The molecule has 0 bridgehead atoms. The first-order valence-corrected chi connectivity index (χ1v) is 7.16. The van der Waals surface area contributed by atoms with Crippen molar-refractivity contribution < 1.29 is 4.74 Å². The summed E-state index contributed by atoms with van der Waals surface area (Å²) in [5.74, 6) is 0.929. The number of pyridine rings is 1. The summed E-state index contributed by atoms with van der Waals surface area (Å²) in [4.78, 5) is 8.91. The van der Waals surface area contributed by atoms with Crippen molar-refractivity contribution in [2.45, 2.75) is 26.3 Å². The molecule has 0 aliphatic rings. The molecule has 19 heavy (non-hydrogen) atoms. The summed E-state index contributed by atoms with van der Waals surface area (Å²) in [6.07, 6.45) is 2.68. The molecule has 4 nitrogen and oxygen atoms in total. The van der Waals surface area contributed by atoms with Gasteiger partial charge in [-0.1, -0.05) is 0 Å². The van der Waals surface area contributed by atoms with Crippen LogP contribution in [0.25, 0.3) is 0 Å². The maximum absolute atomic E-state index is 5.45. The minimum atomic E-state index is 0.185. The van der Waals surface area contributed by atoms with Crippen molar-refractivity contribution in [1.82, 2.24) is 15.3 Å². The van der Waals surface area contributed by atoms with E-state index < -0.39 is 0 Å². The normalized spacial score (nSPS) is 12.4. The number of thiazole rings is 1. The first-order chi connectivity index (χ1) is 9.17. The molecule has 0 aliphatic carbocycles. The number of nitrogens with zero attached hydrogens (tertiary/aromatic N) is 2. The minimum Gasteiger partial charge on any atom is -0.496 e. The quantitative estimate of drug-likeness (QED) is 0.912. The number of nitrogens with one attached hydrogen (secondary N) is 1. The van der Waals surface area contributed by atoms with Gasteiger partial charge in [0.05, 0.1) is 24.4 Å². The molecule has 0 saturated heterocycles. The predicted molar refractivity (Wildman–Crippen MR) is 77.9 cm³/mol. The molecule has 2 aromatic rings. The number of likely N-dealkylation sites (N-methyl/N-ethyl adjacent to an activating group) is 1. The molecular formula is C14H19N3OS. The van der Waals surface area contributed by atoms with Gasteiger partial charge in [0, 0.05) is 34.8 Å². The van der Waals surface area contributed by atoms with Gasteiger partial charge in [-0.3, -0.25) is 4.98 Å². The van der Waals surface area contributed by atoms with E-state index in [9.17, 15) is 0 Å². The van der Waals surface area contributed by atoms with Gasteiger partial charge in [-0.25, -0.2) is 4.98 Å². The summed E-state index contributed by atoms with van der Waals surface area (Å²) in [6.45, 7) is 4.07. The van der Waals surface area contributed by atoms with Gasteiger partial charge in [0.25, 0.3) is 0 Å². The Morgan fingerprint density at radius 2 is 2.16 bits per heavy atom. The van der Waals surface area contributed by atoms with Gasteiger partial charge in [-0.15, -0.1) is 11.3 Å². The molecule has 0 radical (unpaired) electrons. The fourth-order valence-electron chi connectivity index (χ4n) is 2.22. The maximum atomic E-state index is 5.45. The van der Waals surface area contributed by atoms with Gasteiger partial charge in [0.1, 0.15) is 5.75 Å². The Kier molecular flexibility index (Phi) is 4.50. The lowest BCUT2D eigenvalue weighted by molar-refractivity contribution is 0.406. The topological polar surface area (TPSA) is 47.0 Å². The number of aryl methyl sites for hydroxylation is 1. The maximum Gasteiger partial charge on any atom is 0.128 e. The number of hydrogen-bond donors (Lipinski definition) is 1. The highest BCUT2D eigenvalue weighted by atomic mass is 32.1. The molecule has 2 heterocycles. The summed E-state index contributed by atoms with van der Waals surface area (Å²) < 4.78 is 5.45. The van der Waals surface area contributed by atoms with Crippen molar-refractivity contribution in [2.24, 2.45) is 0 Å². The molecule has 5 heteroatoms. The molecular weight excluding hydrogens is 258 g/mol. The van der Waals surface area contributed by atoms with E-state index in [0.29, 0.717) is 0 Å². The van der Waals surface area contributed by atoms with Crippen LogP contribution in [0.5, 0.6) is 5.75 Å². The Labute approximate surface area is 117 Å². The van der Waals surface area contributed by atoms with E-state index >= 15 is 0 Å². The van der Waals surface area contributed by atoms with Gasteiger partial charge in [0.2, 0.25) is 0 Å². The fraction of sp³-hybridized carbons (Fsp3) is 0.429. The molecule has 0 aromatic carbocycles. The lowest BCUT2D eigenvalue weighted by atomic mass is 10.0. The molecule has 0 fully saturated rings. The Bertz CT molecular complexity index is 540. The average molecular weight is 277 g/mol. The third-order valence-electron chi connectivity index (χ3n) is 3.30. The molecule has 102 valence electrons. The van der Waals surface area contributed by atoms with Gasteiger partial charge in [0.15, 0.2) is 0 Å². The molecule has 1 N–H and O–H groups in total. The van der Waals surface area contributed by atoms with E-state index in [-0.39, 0.29) is 6.04 Å². The highest BCUT2D eigenvalue weighted by Crippen LogP contribution is 2.27. The SMILES string of the molecule is CNC(Cc1ncc(C)c(OC)c1C)c1cscn1. The largest absolute Gasteiger partial charge is 0.496 e. The molecule has 0 amide bonds. The molecule has 0 spiro atoms. The molecule has 0 saturated carbocycles. The van der Waals surface area contributed by atoms with Crippen LogP contribution in [-0.2, 0) is 6.42 Å². The van der Waals surface area contributed by atoms with Crippen molar-refractivity contribution >= 4 is 11.3 Å². The van der Waals surface area contributed by atoms with Crippen LogP contribution in [0.1, 0.15) is 28.6 Å². The van der Waals surface area contributed by atoms with Crippen LogP contribution in [-0.4, -0.2) is 24.1 Å². The smallest absolute Gasteiger partial charge is 0.128 e. The molecule has 0 aliphatic heterocycles. The van der Waals surface area contributed by atoms with Crippen LogP contribution in [0.4, 0.5) is 0 Å². The van der Waals surface area contributed by atoms with E-state index in [1.807, 2.05) is 25.7 Å². The Balaban J connectivity index is 2.28. The number of rotatable bonds is 5. The third-order valence-corrected chi connectivity index (χ3v) is 3.91. The molecule has 1 atom stereocenters. The minimum absolute atomic E-state index is 0.185. The zero-order valence-corrected chi connectivity index (χ0v) is 12.5. The lowest BCUT2D eigenvalue weighted by Gasteiger charge is -2.17. The first kappa shape index (κ1) is 14.0. The van der Waals surface area contributed by atoms with E-state index in [1.165, 1.54) is 0 Å². The number of hydrogen-bond acceptors (Lipinski definition) is 5. The van der Waals surface area contributed by atoms with E-state index in [4.69, 9.17) is 4.74 Å². The van der Waals surface area contributed by atoms with Crippen LogP contribution >= 0.6 is 11.3 Å². The second-order valence-corrected chi connectivity index (χ2v) is 5.22. The predicted octanol–water partition coefficient (Wildman–Crippen LogP) is 2.67. The second-order valence-electron chi connectivity index (χ2n) is 4.50. The van der Waals surface area contributed by atoms with Crippen LogP contribution < -0.4 is 10.1 Å². The van der Waals surface area contributed by atoms with Gasteiger partial charge >= 0.3 is 0 Å². The van der Waals surface area contributed by atoms with Gasteiger partial charge in [-0.05, 0) is 20.9 Å². The van der Waals surface area contributed by atoms with E-state index in [0.717, 1.165) is 34.7 Å². The zero-order valence-electron chi connectivity index (χ0n) is 11.7. The van der Waals surface area contributed by atoms with Crippen LogP contribution in [0.15, 0.2) is 17.1 Å². The average Bonchev–Trinajstić information content (AvgIpc) is 2.92. The number of aromatic nitrogens is 2. The highest BCUT2D eigenvalue weighted by molar-refractivity contribution is 7.07. The second kappa shape index (κ2) is 6.12. The molecule has 1 unspecified atom stereocenters. The third kappa shape index (κ3) is 2.93. The lowest BCUT2D eigenvalue weighted by Crippen LogP contribution is -2.20. The van der Waals surface area contributed by atoms with Crippen LogP contribution in [0.2, 0.25) is 0 Å². The fourth-order valence-corrected chi connectivity index (χ4v) is 2.83. The van der Waals surface area contributed by atoms with Gasteiger partial charge < -0.3 is 10.1 Å². The van der Waals surface area contributed by atoms with E-state index in [1.54, 1.807) is 18.4 Å². The summed E-state index contributed by atoms with van der Waals surface area (Å²) >= 11 is 1.61. The number of methoxy groups -OCH3 is 1. The van der Waals surface area contributed by atoms with Crippen molar-refractivity contribution in [3.8, 4) is 5.75 Å². The summed E-state index contributed by atoms with van der Waals surface area (Å²) in [7, 11) is 3.65. The van der Waals surface area contributed by atoms with Crippen LogP contribution in [0.3, 0.4) is 0 Å². The van der Waals surface area contributed by atoms with E-state index in [2.05, 4.69) is 27.6 Å². The summed E-state index contributed by atoms with van der Waals surface area (Å²) in [5, 5.41) is 5.37. The Morgan fingerprint density at radius 3 is 2.74 bits per heavy atom. The molecule has 2 aromatic heterocycles. The summed E-state index contributed by atoms with van der Waals surface area (Å²) in [6, 6.07) is 0.185. The summed E-state index contributed by atoms with van der Waals surface area (Å²) in [5.41, 5.74) is 6.15. The van der Waals surface area contributed by atoms with Crippen molar-refractivity contribution in [3.05, 3.63) is 39.6 Å². The standard InChI is InChI=1S/C14H19N3OS/c1-9-6-16-11(10(2)14(9)18-4)5-12(15-3)13-7-19-8-17-13/h6-8,12,15H,5H2,1-4H3.